The third kappa shape index (κ3) is 62.7. The van der Waals surface area contributed by atoms with Gasteiger partial charge in [-0.05, 0) is 44.9 Å². The molecule has 0 saturated carbocycles. The van der Waals surface area contributed by atoms with E-state index in [0.717, 1.165) is 83.5 Å². The summed E-state index contributed by atoms with van der Waals surface area (Å²) in [6.45, 7) is 6.63. The first-order valence-corrected chi connectivity index (χ1v) is 34.3. The van der Waals surface area contributed by atoms with Crippen LogP contribution in [0.1, 0.15) is 387 Å². The minimum absolute atomic E-state index is 0.0718. The van der Waals surface area contributed by atoms with Gasteiger partial charge in [0.2, 0.25) is 0 Å². The van der Waals surface area contributed by atoms with Crippen LogP contribution in [0.15, 0.2) is 24.3 Å². The van der Waals surface area contributed by atoms with Crippen LogP contribution in [-0.4, -0.2) is 37.2 Å². The molecule has 0 spiro atoms. The molecule has 0 aliphatic heterocycles. The second kappa shape index (κ2) is 65.4. The van der Waals surface area contributed by atoms with Crippen LogP contribution in [0.25, 0.3) is 0 Å². The summed E-state index contributed by atoms with van der Waals surface area (Å²) in [5.74, 6) is -0.866. The summed E-state index contributed by atoms with van der Waals surface area (Å²) >= 11 is 0. The van der Waals surface area contributed by atoms with E-state index in [9.17, 15) is 14.4 Å². The van der Waals surface area contributed by atoms with Gasteiger partial charge in [0, 0.05) is 19.3 Å². The predicted molar refractivity (Wildman–Crippen MR) is 330 cm³/mol. The highest BCUT2D eigenvalue weighted by molar-refractivity contribution is 5.71. The Hall–Kier alpha value is -2.11. The Morgan fingerprint density at radius 1 is 0.263 bits per heavy atom. The monoisotopic (exact) mass is 1070 g/mol. The van der Waals surface area contributed by atoms with E-state index in [1.54, 1.807) is 0 Å². The fourth-order valence-corrected chi connectivity index (χ4v) is 10.5. The number of rotatable bonds is 64. The molecule has 0 rings (SSSR count). The fourth-order valence-electron chi connectivity index (χ4n) is 10.5. The van der Waals surface area contributed by atoms with Gasteiger partial charge in [-0.15, -0.1) is 0 Å². The van der Waals surface area contributed by atoms with Gasteiger partial charge in [-0.2, -0.15) is 0 Å². The molecule has 0 aromatic rings. The van der Waals surface area contributed by atoms with Crippen LogP contribution in [-0.2, 0) is 28.6 Å². The Kier molecular flexibility index (Phi) is 63.6. The highest BCUT2D eigenvalue weighted by Crippen LogP contribution is 2.19. The second-order valence-electron chi connectivity index (χ2n) is 23.5. The highest BCUT2D eigenvalue weighted by Gasteiger charge is 2.19. The fraction of sp³-hybridized carbons (Fsp3) is 0.900. The zero-order valence-corrected chi connectivity index (χ0v) is 51.6. The van der Waals surface area contributed by atoms with Crippen molar-refractivity contribution < 1.29 is 28.6 Å². The van der Waals surface area contributed by atoms with Crippen LogP contribution in [0.3, 0.4) is 0 Å². The number of hydrogen-bond acceptors (Lipinski definition) is 6. The quantitative estimate of drug-likeness (QED) is 0.0261. The predicted octanol–water partition coefficient (Wildman–Crippen LogP) is 23.4. The van der Waals surface area contributed by atoms with E-state index in [-0.39, 0.29) is 31.1 Å². The topological polar surface area (TPSA) is 78.9 Å². The molecule has 0 radical (unpaired) electrons. The van der Waals surface area contributed by atoms with Crippen molar-refractivity contribution in [2.45, 2.75) is 393 Å². The zero-order valence-electron chi connectivity index (χ0n) is 51.6. The summed E-state index contributed by atoms with van der Waals surface area (Å²) in [7, 11) is 0. The van der Waals surface area contributed by atoms with Gasteiger partial charge in [-0.3, -0.25) is 14.4 Å². The normalized spacial score (nSPS) is 12.1. The van der Waals surface area contributed by atoms with E-state index in [2.05, 4.69) is 45.1 Å². The second-order valence-corrected chi connectivity index (χ2v) is 23.5. The smallest absolute Gasteiger partial charge is 0.306 e. The molecule has 6 heteroatoms. The van der Waals surface area contributed by atoms with Crippen LogP contribution in [0, 0.1) is 0 Å². The molecular weight excluding hydrogens is 937 g/mol. The molecule has 0 fully saturated rings. The first-order chi connectivity index (χ1) is 37.5. The van der Waals surface area contributed by atoms with Gasteiger partial charge in [0.05, 0.1) is 0 Å². The van der Waals surface area contributed by atoms with Gasteiger partial charge in [-0.1, -0.05) is 347 Å². The number of unbranched alkanes of at least 4 members (excludes halogenated alkanes) is 49. The van der Waals surface area contributed by atoms with Crippen molar-refractivity contribution in [2.75, 3.05) is 13.2 Å². The van der Waals surface area contributed by atoms with Crippen molar-refractivity contribution >= 4 is 17.9 Å². The Bertz CT molecular complexity index is 1230. The molecule has 0 aliphatic rings. The standard InChI is InChI=1S/C70H132O6/c1-4-7-10-13-16-19-21-23-25-26-27-28-29-30-31-32-33-34-35-36-37-38-39-40-41-42-43-44-45-47-48-51-54-57-60-63-69(72)75-66-67(65-74-68(71)62-59-56-53-50-18-15-12-9-6-3)76-70(73)64-61-58-55-52-49-46-24-22-20-17-14-11-8-5-2/h14,17,22,24,67H,4-13,15-16,18-21,23,25-66H2,1-3H3/b17-14-,24-22-. The molecule has 0 heterocycles. The van der Waals surface area contributed by atoms with Gasteiger partial charge in [-0.25, -0.2) is 0 Å². The lowest BCUT2D eigenvalue weighted by Gasteiger charge is -2.18. The van der Waals surface area contributed by atoms with Crippen LogP contribution >= 0.6 is 0 Å². The highest BCUT2D eigenvalue weighted by atomic mass is 16.6. The SMILES string of the molecule is CCCC/C=C\C/C=C\CCCCCCCC(=O)OC(COC(=O)CCCCCCCCCCC)COC(=O)CCCCCCCCCCCCCCCCCCCCCCCCCCCCCCCCCCCCC. The van der Waals surface area contributed by atoms with Crippen molar-refractivity contribution in [3.8, 4) is 0 Å². The molecule has 76 heavy (non-hydrogen) atoms. The third-order valence-electron chi connectivity index (χ3n) is 15.7. The molecule has 0 amide bonds. The van der Waals surface area contributed by atoms with E-state index >= 15 is 0 Å². The van der Waals surface area contributed by atoms with E-state index in [1.807, 2.05) is 0 Å². The van der Waals surface area contributed by atoms with Crippen molar-refractivity contribution in [3.63, 3.8) is 0 Å². The van der Waals surface area contributed by atoms with Crippen molar-refractivity contribution in [1.29, 1.82) is 0 Å². The maximum Gasteiger partial charge on any atom is 0.306 e. The average molecular weight is 1070 g/mol. The van der Waals surface area contributed by atoms with Crippen LogP contribution in [0.4, 0.5) is 0 Å². The van der Waals surface area contributed by atoms with E-state index < -0.39 is 6.10 Å². The minimum atomic E-state index is -0.773. The number of hydrogen-bond donors (Lipinski definition) is 0. The van der Waals surface area contributed by atoms with E-state index in [0.29, 0.717) is 19.3 Å². The molecule has 1 unspecified atom stereocenters. The molecule has 1 atom stereocenters. The van der Waals surface area contributed by atoms with Crippen LogP contribution in [0.2, 0.25) is 0 Å². The average Bonchev–Trinajstić information content (AvgIpc) is 3.42. The number of esters is 3. The van der Waals surface area contributed by atoms with Gasteiger partial charge in [0.15, 0.2) is 6.10 Å². The van der Waals surface area contributed by atoms with Crippen LogP contribution in [0.5, 0.6) is 0 Å². The molecule has 6 nitrogen and oxygen atoms in total. The number of ether oxygens (including phenoxy) is 3. The van der Waals surface area contributed by atoms with Crippen molar-refractivity contribution in [2.24, 2.45) is 0 Å². The number of carbonyl (C=O) groups excluding carboxylic acids is 3. The lowest BCUT2D eigenvalue weighted by atomic mass is 10.0. The summed E-state index contributed by atoms with van der Waals surface area (Å²) in [6, 6.07) is 0. The molecule has 0 N–H and O–H groups in total. The largest absolute Gasteiger partial charge is 0.462 e. The van der Waals surface area contributed by atoms with Gasteiger partial charge in [0.25, 0.3) is 0 Å². The molecule has 0 saturated heterocycles. The summed E-state index contributed by atoms with van der Waals surface area (Å²) in [5.41, 5.74) is 0. The van der Waals surface area contributed by atoms with Gasteiger partial charge in [0.1, 0.15) is 13.2 Å². The zero-order chi connectivity index (χ0) is 55.0. The molecule has 0 aliphatic carbocycles. The van der Waals surface area contributed by atoms with Gasteiger partial charge < -0.3 is 14.2 Å². The molecule has 0 aromatic carbocycles. The maximum atomic E-state index is 12.8. The Balaban J connectivity index is 3.93. The number of allylic oxidation sites excluding steroid dienone is 4. The molecule has 448 valence electrons. The van der Waals surface area contributed by atoms with E-state index in [4.69, 9.17) is 14.2 Å². The first-order valence-electron chi connectivity index (χ1n) is 34.3. The molecule has 0 aromatic heterocycles. The summed E-state index contributed by atoms with van der Waals surface area (Å²) in [5, 5.41) is 0. The summed E-state index contributed by atoms with van der Waals surface area (Å²) in [4.78, 5) is 38.1. The molecular formula is C70H132O6. The Morgan fingerprint density at radius 3 is 0.763 bits per heavy atom. The lowest BCUT2D eigenvalue weighted by Crippen LogP contribution is -2.30. The molecule has 0 bridgehead atoms. The van der Waals surface area contributed by atoms with Crippen molar-refractivity contribution in [3.05, 3.63) is 24.3 Å². The lowest BCUT2D eigenvalue weighted by molar-refractivity contribution is -0.167. The van der Waals surface area contributed by atoms with Gasteiger partial charge >= 0.3 is 17.9 Å². The summed E-state index contributed by atoms with van der Waals surface area (Å²) < 4.78 is 16.9. The summed E-state index contributed by atoms with van der Waals surface area (Å²) in [6.07, 6.45) is 79.6. The Morgan fingerprint density at radius 2 is 0.487 bits per heavy atom. The first kappa shape index (κ1) is 73.9. The van der Waals surface area contributed by atoms with Crippen LogP contribution < -0.4 is 0 Å². The maximum absolute atomic E-state index is 12.8. The van der Waals surface area contributed by atoms with Crippen molar-refractivity contribution in [1.82, 2.24) is 0 Å². The number of carbonyl (C=O) groups is 3. The Labute approximate surface area is 474 Å². The third-order valence-corrected chi connectivity index (χ3v) is 15.7. The van der Waals surface area contributed by atoms with E-state index in [1.165, 1.54) is 263 Å². The minimum Gasteiger partial charge on any atom is -0.462 e.